The molecular weight excluding hydrogens is 214 g/mol. The Morgan fingerprint density at radius 3 is 2.75 bits per heavy atom. The molecule has 1 aromatic heterocycles. The first kappa shape index (κ1) is 11.6. The molecular formula is C14H19NS. The van der Waals surface area contributed by atoms with E-state index in [-0.39, 0.29) is 0 Å². The fourth-order valence-corrected chi connectivity index (χ4v) is 2.91. The van der Waals surface area contributed by atoms with Crippen molar-refractivity contribution in [3.05, 3.63) is 35.5 Å². The van der Waals surface area contributed by atoms with Gasteiger partial charge >= 0.3 is 0 Å². The van der Waals surface area contributed by atoms with Gasteiger partial charge in [-0.2, -0.15) is 11.8 Å². The molecule has 0 unspecified atom stereocenters. The molecule has 0 saturated heterocycles. The summed E-state index contributed by atoms with van der Waals surface area (Å²) < 4.78 is 2.45. The highest BCUT2D eigenvalue weighted by Crippen LogP contribution is 2.25. The molecule has 86 valence electrons. The molecule has 0 spiro atoms. The van der Waals surface area contributed by atoms with E-state index in [1.54, 1.807) is 0 Å². The zero-order valence-electron chi connectivity index (χ0n) is 10.3. The molecule has 0 amide bonds. The van der Waals surface area contributed by atoms with Crippen LogP contribution in [0.5, 0.6) is 0 Å². The van der Waals surface area contributed by atoms with Gasteiger partial charge in [0, 0.05) is 23.4 Å². The molecule has 0 fully saturated rings. The van der Waals surface area contributed by atoms with Crippen LogP contribution in [0.2, 0.25) is 0 Å². The van der Waals surface area contributed by atoms with Crippen molar-refractivity contribution in [2.75, 3.05) is 5.75 Å². The Bertz CT molecular complexity index is 485. The molecule has 0 radical (unpaired) electrons. The standard InChI is InChI=1S/C14H19NS/c1-4-15-13(10-16-5-2)9-12-8-6-7-11(3)14(12)15/h6-9H,4-5,10H2,1-3H3. The third-order valence-electron chi connectivity index (χ3n) is 2.98. The molecule has 0 atom stereocenters. The SMILES string of the molecule is CCSCc1cc2cccc(C)c2n1CC. The third-order valence-corrected chi connectivity index (χ3v) is 3.89. The lowest BCUT2D eigenvalue weighted by molar-refractivity contribution is 0.763. The second-order valence-corrected chi connectivity index (χ2v) is 5.30. The van der Waals surface area contributed by atoms with Crippen molar-refractivity contribution in [3.8, 4) is 0 Å². The van der Waals surface area contributed by atoms with Crippen LogP contribution in [0.25, 0.3) is 10.9 Å². The Labute approximate surface area is 102 Å². The van der Waals surface area contributed by atoms with Gasteiger partial charge in [0.15, 0.2) is 0 Å². The Hall–Kier alpha value is -0.890. The maximum atomic E-state index is 2.45. The highest BCUT2D eigenvalue weighted by atomic mass is 32.2. The van der Waals surface area contributed by atoms with Crippen molar-refractivity contribution in [1.29, 1.82) is 0 Å². The van der Waals surface area contributed by atoms with Crippen molar-refractivity contribution in [3.63, 3.8) is 0 Å². The number of para-hydroxylation sites is 1. The maximum absolute atomic E-state index is 2.45. The number of hydrogen-bond donors (Lipinski definition) is 0. The Morgan fingerprint density at radius 2 is 2.06 bits per heavy atom. The van der Waals surface area contributed by atoms with Crippen molar-refractivity contribution < 1.29 is 0 Å². The summed E-state index contributed by atoms with van der Waals surface area (Å²) in [5.74, 6) is 2.31. The average molecular weight is 233 g/mol. The van der Waals surface area contributed by atoms with Gasteiger partial charge in [-0.05, 0) is 31.2 Å². The van der Waals surface area contributed by atoms with Gasteiger partial charge in [-0.25, -0.2) is 0 Å². The molecule has 0 saturated carbocycles. The third kappa shape index (κ3) is 1.99. The highest BCUT2D eigenvalue weighted by molar-refractivity contribution is 7.98. The van der Waals surface area contributed by atoms with Gasteiger partial charge in [0.25, 0.3) is 0 Å². The van der Waals surface area contributed by atoms with Crippen LogP contribution in [0.1, 0.15) is 25.1 Å². The largest absolute Gasteiger partial charge is 0.344 e. The van der Waals surface area contributed by atoms with Crippen molar-refractivity contribution in [1.82, 2.24) is 4.57 Å². The van der Waals surface area contributed by atoms with E-state index in [0.717, 1.165) is 12.3 Å². The van der Waals surface area contributed by atoms with E-state index in [1.807, 2.05) is 11.8 Å². The number of hydrogen-bond acceptors (Lipinski definition) is 1. The molecule has 16 heavy (non-hydrogen) atoms. The maximum Gasteiger partial charge on any atom is 0.0512 e. The van der Waals surface area contributed by atoms with Crippen LogP contribution >= 0.6 is 11.8 Å². The minimum atomic E-state index is 1.06. The summed E-state index contributed by atoms with van der Waals surface area (Å²) in [7, 11) is 0. The molecule has 0 N–H and O–H groups in total. The number of benzene rings is 1. The Kier molecular flexibility index (Phi) is 3.59. The van der Waals surface area contributed by atoms with Crippen molar-refractivity contribution in [2.24, 2.45) is 0 Å². The quantitative estimate of drug-likeness (QED) is 0.765. The van der Waals surface area contributed by atoms with Crippen LogP contribution in [0, 0.1) is 6.92 Å². The number of thioether (sulfide) groups is 1. The van der Waals surface area contributed by atoms with E-state index in [2.05, 4.69) is 49.6 Å². The zero-order valence-corrected chi connectivity index (χ0v) is 11.1. The molecule has 1 nitrogen and oxygen atoms in total. The van der Waals surface area contributed by atoms with Gasteiger partial charge < -0.3 is 4.57 Å². The molecule has 1 heterocycles. The monoisotopic (exact) mass is 233 g/mol. The van der Waals surface area contributed by atoms with E-state index in [0.29, 0.717) is 0 Å². The summed E-state index contributed by atoms with van der Waals surface area (Å²) in [5, 5.41) is 1.38. The van der Waals surface area contributed by atoms with Crippen LogP contribution in [-0.2, 0) is 12.3 Å². The van der Waals surface area contributed by atoms with Crippen LogP contribution in [0.4, 0.5) is 0 Å². The fourth-order valence-electron chi connectivity index (χ4n) is 2.26. The van der Waals surface area contributed by atoms with E-state index in [1.165, 1.54) is 27.9 Å². The lowest BCUT2D eigenvalue weighted by atomic mass is 10.2. The topological polar surface area (TPSA) is 4.93 Å². The first-order chi connectivity index (χ1) is 7.77. The molecule has 0 aliphatic heterocycles. The lowest BCUT2D eigenvalue weighted by Gasteiger charge is -2.08. The summed E-state index contributed by atoms with van der Waals surface area (Å²) in [5.41, 5.74) is 4.25. The first-order valence-electron chi connectivity index (χ1n) is 5.93. The molecule has 0 aliphatic carbocycles. The number of nitrogens with zero attached hydrogens (tertiary/aromatic N) is 1. The van der Waals surface area contributed by atoms with E-state index in [4.69, 9.17) is 0 Å². The molecule has 2 rings (SSSR count). The summed E-state index contributed by atoms with van der Waals surface area (Å²) in [6, 6.07) is 8.91. The van der Waals surface area contributed by atoms with Gasteiger partial charge in [0.2, 0.25) is 0 Å². The Balaban J connectivity index is 2.53. The zero-order chi connectivity index (χ0) is 11.5. The van der Waals surface area contributed by atoms with Crippen LogP contribution in [0.15, 0.2) is 24.3 Å². The van der Waals surface area contributed by atoms with E-state index >= 15 is 0 Å². The molecule has 2 heteroatoms. The number of aromatic nitrogens is 1. The van der Waals surface area contributed by atoms with Crippen LogP contribution in [0.3, 0.4) is 0 Å². The van der Waals surface area contributed by atoms with Crippen molar-refractivity contribution >= 4 is 22.7 Å². The number of fused-ring (bicyclic) bond motifs is 1. The smallest absolute Gasteiger partial charge is 0.0512 e. The lowest BCUT2D eigenvalue weighted by Crippen LogP contribution is -2.00. The number of rotatable bonds is 4. The predicted octanol–water partition coefficient (Wildman–Crippen LogP) is 4.22. The summed E-state index contributed by atoms with van der Waals surface area (Å²) >= 11 is 1.99. The summed E-state index contributed by atoms with van der Waals surface area (Å²) in [4.78, 5) is 0. The minimum absolute atomic E-state index is 1.06. The molecule has 1 aromatic carbocycles. The second-order valence-electron chi connectivity index (χ2n) is 4.03. The molecule has 2 aromatic rings. The molecule has 0 aliphatic rings. The van der Waals surface area contributed by atoms with Gasteiger partial charge in [0.1, 0.15) is 0 Å². The van der Waals surface area contributed by atoms with Gasteiger partial charge in [-0.3, -0.25) is 0 Å². The van der Waals surface area contributed by atoms with Crippen LogP contribution < -0.4 is 0 Å². The first-order valence-corrected chi connectivity index (χ1v) is 7.08. The van der Waals surface area contributed by atoms with E-state index < -0.39 is 0 Å². The van der Waals surface area contributed by atoms with Gasteiger partial charge in [-0.1, -0.05) is 25.1 Å². The number of aryl methyl sites for hydroxylation is 2. The molecule has 0 bridgehead atoms. The second kappa shape index (κ2) is 4.96. The van der Waals surface area contributed by atoms with Crippen molar-refractivity contribution in [2.45, 2.75) is 33.1 Å². The average Bonchev–Trinajstić information content (AvgIpc) is 2.65. The van der Waals surface area contributed by atoms with E-state index in [9.17, 15) is 0 Å². The highest BCUT2D eigenvalue weighted by Gasteiger charge is 2.08. The van der Waals surface area contributed by atoms with Gasteiger partial charge in [0.05, 0.1) is 5.52 Å². The Morgan fingerprint density at radius 1 is 1.25 bits per heavy atom. The van der Waals surface area contributed by atoms with Crippen LogP contribution in [-0.4, -0.2) is 10.3 Å². The minimum Gasteiger partial charge on any atom is -0.344 e. The predicted molar refractivity (Wildman–Crippen MR) is 74.2 cm³/mol. The summed E-state index contributed by atoms with van der Waals surface area (Å²) in [6.45, 7) is 7.71. The fraction of sp³-hybridized carbons (Fsp3) is 0.429. The normalized spacial score (nSPS) is 11.2. The summed E-state index contributed by atoms with van der Waals surface area (Å²) in [6.07, 6.45) is 0. The van der Waals surface area contributed by atoms with Gasteiger partial charge in [-0.15, -0.1) is 0 Å².